The quantitative estimate of drug-likeness (QED) is 0.805. The average Bonchev–Trinajstić information content (AvgIpc) is 2.40. The molecule has 3 N–H and O–H groups in total. The van der Waals surface area contributed by atoms with Gasteiger partial charge in [-0.15, -0.1) is 0 Å². The molecule has 5 heteroatoms. The maximum Gasteiger partial charge on any atom is 0.251 e. The van der Waals surface area contributed by atoms with Crippen LogP contribution in [-0.2, 0) is 0 Å². The van der Waals surface area contributed by atoms with Gasteiger partial charge in [-0.05, 0) is 37.0 Å². The van der Waals surface area contributed by atoms with Gasteiger partial charge in [-0.3, -0.25) is 4.79 Å². The van der Waals surface area contributed by atoms with E-state index < -0.39 is 0 Å². The number of nitrogens with one attached hydrogen (secondary N) is 1. The lowest BCUT2D eigenvalue weighted by molar-refractivity contribution is 0.0812. The standard InChI is InChI=1S/C15H20Br2N2O/c1-10-4-2-3-5-15(10,9-18)19-14(20)11-6-12(16)8-13(17)7-11/h6-8,10H,2-5,9,18H2,1H3,(H,19,20). The largest absolute Gasteiger partial charge is 0.345 e. The highest BCUT2D eigenvalue weighted by molar-refractivity contribution is 9.11. The van der Waals surface area contributed by atoms with Crippen LogP contribution in [0.3, 0.4) is 0 Å². The molecule has 20 heavy (non-hydrogen) atoms. The van der Waals surface area contributed by atoms with Crippen LogP contribution < -0.4 is 11.1 Å². The minimum Gasteiger partial charge on any atom is -0.345 e. The summed E-state index contributed by atoms with van der Waals surface area (Å²) in [5.74, 6) is 0.368. The Labute approximate surface area is 136 Å². The van der Waals surface area contributed by atoms with E-state index in [4.69, 9.17) is 5.73 Å². The van der Waals surface area contributed by atoms with Crippen molar-refractivity contribution in [2.45, 2.75) is 38.1 Å². The lowest BCUT2D eigenvalue weighted by Gasteiger charge is -2.42. The monoisotopic (exact) mass is 402 g/mol. The molecule has 1 amide bonds. The summed E-state index contributed by atoms with van der Waals surface area (Å²) in [5.41, 5.74) is 6.37. The first-order valence-electron chi connectivity index (χ1n) is 6.95. The summed E-state index contributed by atoms with van der Waals surface area (Å²) in [6, 6.07) is 5.58. The summed E-state index contributed by atoms with van der Waals surface area (Å²) in [5, 5.41) is 3.20. The zero-order chi connectivity index (χ0) is 14.8. The van der Waals surface area contributed by atoms with Crippen LogP contribution in [0.4, 0.5) is 0 Å². The van der Waals surface area contributed by atoms with Crippen LogP contribution in [0, 0.1) is 5.92 Å². The van der Waals surface area contributed by atoms with Crippen LogP contribution >= 0.6 is 31.9 Å². The molecular formula is C15H20Br2N2O. The summed E-state index contributed by atoms with van der Waals surface area (Å²) in [6.07, 6.45) is 4.44. The van der Waals surface area contributed by atoms with Crippen LogP contribution in [0.1, 0.15) is 43.0 Å². The molecule has 3 nitrogen and oxygen atoms in total. The molecule has 2 unspecified atom stereocenters. The molecule has 1 aromatic carbocycles. The SMILES string of the molecule is CC1CCCCC1(CN)NC(=O)c1cc(Br)cc(Br)c1. The number of amides is 1. The molecule has 2 atom stereocenters. The summed E-state index contributed by atoms with van der Waals surface area (Å²) >= 11 is 6.83. The molecule has 2 rings (SSSR count). The van der Waals surface area contributed by atoms with E-state index in [0.717, 1.165) is 28.2 Å². The molecule has 110 valence electrons. The van der Waals surface area contributed by atoms with Crippen molar-refractivity contribution >= 4 is 37.8 Å². The third-order valence-electron chi connectivity index (χ3n) is 4.30. The van der Waals surface area contributed by atoms with E-state index >= 15 is 0 Å². The van der Waals surface area contributed by atoms with Crippen LogP contribution in [0.15, 0.2) is 27.1 Å². The van der Waals surface area contributed by atoms with Crippen molar-refractivity contribution in [3.05, 3.63) is 32.7 Å². The number of carbonyl (C=O) groups excluding carboxylic acids is 1. The molecule has 1 saturated carbocycles. The topological polar surface area (TPSA) is 55.1 Å². The highest BCUT2D eigenvalue weighted by Gasteiger charge is 2.38. The Hall–Kier alpha value is -0.390. The number of hydrogen-bond donors (Lipinski definition) is 2. The van der Waals surface area contributed by atoms with Gasteiger partial charge in [0.15, 0.2) is 0 Å². The fraction of sp³-hybridized carbons (Fsp3) is 0.533. The van der Waals surface area contributed by atoms with Crippen molar-refractivity contribution in [2.24, 2.45) is 11.7 Å². The zero-order valence-electron chi connectivity index (χ0n) is 11.6. The molecular weight excluding hydrogens is 384 g/mol. The smallest absolute Gasteiger partial charge is 0.251 e. The summed E-state index contributed by atoms with van der Waals surface area (Å²) in [6.45, 7) is 2.68. The molecule has 0 aromatic heterocycles. The van der Waals surface area contributed by atoms with Crippen LogP contribution in [0.25, 0.3) is 0 Å². The van der Waals surface area contributed by atoms with Gasteiger partial charge < -0.3 is 11.1 Å². The van der Waals surface area contributed by atoms with Gasteiger partial charge in [-0.25, -0.2) is 0 Å². The van der Waals surface area contributed by atoms with E-state index in [1.165, 1.54) is 6.42 Å². The van der Waals surface area contributed by atoms with Gasteiger partial charge in [0, 0.05) is 21.1 Å². The Morgan fingerprint density at radius 3 is 2.55 bits per heavy atom. The van der Waals surface area contributed by atoms with Gasteiger partial charge in [0.05, 0.1) is 5.54 Å². The van der Waals surface area contributed by atoms with E-state index in [-0.39, 0.29) is 11.4 Å². The van der Waals surface area contributed by atoms with E-state index in [1.807, 2.05) is 18.2 Å². The lowest BCUT2D eigenvalue weighted by Crippen LogP contribution is -2.59. The normalized spacial score (nSPS) is 26.3. The van der Waals surface area contributed by atoms with Crippen molar-refractivity contribution < 1.29 is 4.79 Å². The number of carbonyl (C=O) groups is 1. The van der Waals surface area contributed by atoms with Crippen LogP contribution in [-0.4, -0.2) is 18.0 Å². The number of hydrogen-bond acceptors (Lipinski definition) is 2. The first-order chi connectivity index (χ1) is 9.47. The van der Waals surface area contributed by atoms with Crippen LogP contribution in [0.5, 0.6) is 0 Å². The third kappa shape index (κ3) is 3.43. The molecule has 0 radical (unpaired) electrons. The number of rotatable bonds is 3. The summed E-state index contributed by atoms with van der Waals surface area (Å²) < 4.78 is 1.77. The highest BCUT2D eigenvalue weighted by atomic mass is 79.9. The van der Waals surface area contributed by atoms with Crippen molar-refractivity contribution in [3.63, 3.8) is 0 Å². The second-order valence-electron chi connectivity index (χ2n) is 5.62. The van der Waals surface area contributed by atoms with E-state index in [2.05, 4.69) is 44.1 Å². The van der Waals surface area contributed by atoms with E-state index in [1.54, 1.807) is 0 Å². The van der Waals surface area contributed by atoms with Crippen molar-refractivity contribution in [2.75, 3.05) is 6.54 Å². The van der Waals surface area contributed by atoms with Gasteiger partial charge in [0.25, 0.3) is 5.91 Å². The molecule has 1 aliphatic carbocycles. The van der Waals surface area contributed by atoms with E-state index in [0.29, 0.717) is 18.0 Å². The second-order valence-corrected chi connectivity index (χ2v) is 7.45. The highest BCUT2D eigenvalue weighted by Crippen LogP contribution is 2.33. The Balaban J connectivity index is 2.20. The molecule has 0 spiro atoms. The number of benzene rings is 1. The number of halogens is 2. The van der Waals surface area contributed by atoms with Gasteiger partial charge in [-0.1, -0.05) is 51.6 Å². The maximum absolute atomic E-state index is 12.5. The van der Waals surface area contributed by atoms with Gasteiger partial charge in [0.1, 0.15) is 0 Å². The maximum atomic E-state index is 12.5. The fourth-order valence-corrected chi connectivity index (χ4v) is 4.23. The Bertz CT molecular complexity index is 486. The predicted molar refractivity (Wildman–Crippen MR) is 88.7 cm³/mol. The van der Waals surface area contributed by atoms with Gasteiger partial charge >= 0.3 is 0 Å². The van der Waals surface area contributed by atoms with Gasteiger partial charge in [-0.2, -0.15) is 0 Å². The summed E-state index contributed by atoms with van der Waals surface area (Å²) in [4.78, 5) is 12.5. The molecule has 1 fully saturated rings. The Morgan fingerprint density at radius 1 is 1.35 bits per heavy atom. The second kappa shape index (κ2) is 6.58. The first kappa shape index (κ1) is 16.0. The average molecular weight is 404 g/mol. The van der Waals surface area contributed by atoms with Crippen molar-refractivity contribution in [1.82, 2.24) is 5.32 Å². The van der Waals surface area contributed by atoms with Crippen LogP contribution in [0.2, 0.25) is 0 Å². The summed E-state index contributed by atoms with van der Waals surface area (Å²) in [7, 11) is 0. The molecule has 0 saturated heterocycles. The first-order valence-corrected chi connectivity index (χ1v) is 8.54. The van der Waals surface area contributed by atoms with E-state index in [9.17, 15) is 4.79 Å². The minimum atomic E-state index is -0.260. The Kier molecular flexibility index (Phi) is 5.26. The molecule has 0 heterocycles. The lowest BCUT2D eigenvalue weighted by atomic mass is 9.73. The molecule has 0 aliphatic heterocycles. The Morgan fingerprint density at radius 2 is 2.00 bits per heavy atom. The number of nitrogens with two attached hydrogens (primary N) is 1. The van der Waals surface area contributed by atoms with Crippen molar-refractivity contribution in [3.8, 4) is 0 Å². The van der Waals surface area contributed by atoms with Crippen molar-refractivity contribution in [1.29, 1.82) is 0 Å². The fourth-order valence-electron chi connectivity index (χ4n) is 2.94. The minimum absolute atomic E-state index is 0.0498. The van der Waals surface area contributed by atoms with Gasteiger partial charge in [0.2, 0.25) is 0 Å². The predicted octanol–water partition coefficient (Wildman–Crippen LogP) is 3.85. The third-order valence-corrected chi connectivity index (χ3v) is 5.22. The zero-order valence-corrected chi connectivity index (χ0v) is 14.8. The molecule has 1 aliphatic rings. The molecule has 0 bridgehead atoms. The molecule has 1 aromatic rings.